The van der Waals surface area contributed by atoms with Crippen molar-refractivity contribution in [2.24, 2.45) is 7.05 Å². The zero-order chi connectivity index (χ0) is 15.8. The van der Waals surface area contributed by atoms with Crippen LogP contribution in [0.4, 0.5) is 0 Å². The van der Waals surface area contributed by atoms with E-state index < -0.39 is 0 Å². The zero-order valence-corrected chi connectivity index (χ0v) is 13.8. The Morgan fingerprint density at radius 3 is 2.91 bits per heavy atom. The minimum atomic E-state index is 0.405. The van der Waals surface area contributed by atoms with E-state index >= 15 is 0 Å². The molecule has 5 nitrogen and oxygen atoms in total. The van der Waals surface area contributed by atoms with Crippen molar-refractivity contribution in [3.05, 3.63) is 48.0 Å². The van der Waals surface area contributed by atoms with E-state index in [-0.39, 0.29) is 0 Å². The van der Waals surface area contributed by atoms with Gasteiger partial charge >= 0.3 is 0 Å². The topological polar surface area (TPSA) is 38.9 Å². The van der Waals surface area contributed by atoms with Gasteiger partial charge < -0.3 is 4.57 Å². The van der Waals surface area contributed by atoms with Crippen molar-refractivity contribution < 1.29 is 0 Å². The number of hydrogen-bond acceptors (Lipinski definition) is 3. The summed E-state index contributed by atoms with van der Waals surface area (Å²) >= 11 is 0. The van der Waals surface area contributed by atoms with E-state index in [1.807, 2.05) is 17.9 Å². The third-order valence-electron chi connectivity index (χ3n) is 4.81. The summed E-state index contributed by atoms with van der Waals surface area (Å²) in [5, 5.41) is 4.29. The smallest absolute Gasteiger partial charge is 0.127 e. The summed E-state index contributed by atoms with van der Waals surface area (Å²) in [7, 11) is 1.97. The molecule has 120 valence electrons. The number of aromatic nitrogens is 4. The molecule has 5 heteroatoms. The molecule has 4 rings (SSSR count). The Bertz CT molecular complexity index is 816. The molecule has 0 N–H and O–H groups in total. The first-order chi connectivity index (χ1) is 11.3. The Balaban J connectivity index is 1.68. The Kier molecular flexibility index (Phi) is 3.65. The molecular formula is C18H23N5. The van der Waals surface area contributed by atoms with Gasteiger partial charge in [0, 0.05) is 31.9 Å². The normalized spacial score (nSPS) is 19.0. The summed E-state index contributed by atoms with van der Waals surface area (Å²) in [6.07, 6.45) is 6.50. The van der Waals surface area contributed by atoms with Crippen molar-refractivity contribution >= 4 is 11.0 Å². The highest BCUT2D eigenvalue weighted by molar-refractivity contribution is 5.76. The number of aryl methyl sites for hydroxylation is 2. The van der Waals surface area contributed by atoms with E-state index in [1.54, 1.807) is 0 Å². The van der Waals surface area contributed by atoms with Gasteiger partial charge in [-0.1, -0.05) is 12.1 Å². The van der Waals surface area contributed by atoms with Crippen LogP contribution in [0.1, 0.15) is 37.2 Å². The van der Waals surface area contributed by atoms with Crippen molar-refractivity contribution in [1.82, 2.24) is 24.2 Å². The molecule has 0 bridgehead atoms. The predicted molar refractivity (Wildman–Crippen MR) is 91.0 cm³/mol. The second kappa shape index (κ2) is 5.81. The van der Waals surface area contributed by atoms with Gasteiger partial charge in [0.15, 0.2) is 0 Å². The van der Waals surface area contributed by atoms with Gasteiger partial charge in [0.1, 0.15) is 5.82 Å². The summed E-state index contributed by atoms with van der Waals surface area (Å²) in [6.45, 7) is 5.25. The van der Waals surface area contributed by atoms with Crippen molar-refractivity contribution in [3.8, 4) is 0 Å². The maximum absolute atomic E-state index is 4.96. The van der Waals surface area contributed by atoms with E-state index in [9.17, 15) is 0 Å². The lowest BCUT2D eigenvalue weighted by Gasteiger charge is -2.24. The average molecular weight is 309 g/mol. The van der Waals surface area contributed by atoms with Crippen LogP contribution in [0.25, 0.3) is 11.0 Å². The molecule has 1 atom stereocenters. The molecular weight excluding hydrogens is 286 g/mol. The molecule has 0 aliphatic carbocycles. The van der Waals surface area contributed by atoms with Crippen molar-refractivity contribution in [1.29, 1.82) is 0 Å². The fourth-order valence-electron chi connectivity index (χ4n) is 3.78. The van der Waals surface area contributed by atoms with Crippen molar-refractivity contribution in [2.45, 2.75) is 38.9 Å². The van der Waals surface area contributed by atoms with Gasteiger partial charge in [-0.05, 0) is 38.4 Å². The lowest BCUT2D eigenvalue weighted by molar-refractivity contribution is 0.236. The number of likely N-dealkylation sites (tertiary alicyclic amines) is 1. The maximum atomic E-state index is 4.96. The lowest BCUT2D eigenvalue weighted by atomic mass is 10.2. The number of hydrogen-bond donors (Lipinski definition) is 0. The molecule has 2 aromatic heterocycles. The number of fused-ring (bicyclic) bond motifs is 1. The minimum Gasteiger partial charge on any atom is -0.327 e. The standard InChI is InChI=1S/C18H23N5/c1-3-23-16-8-5-4-7-15(16)20-18(23)17-9-6-10-22(17)13-14-11-19-21(2)12-14/h4-5,7-8,11-12,17H,3,6,9-10,13H2,1-2H3. The van der Waals surface area contributed by atoms with Gasteiger partial charge in [0.05, 0.1) is 23.3 Å². The second-order valence-electron chi connectivity index (χ2n) is 6.35. The Morgan fingerprint density at radius 1 is 1.26 bits per heavy atom. The quantitative estimate of drug-likeness (QED) is 0.743. The summed E-state index contributed by atoms with van der Waals surface area (Å²) in [4.78, 5) is 7.51. The summed E-state index contributed by atoms with van der Waals surface area (Å²) in [5.41, 5.74) is 3.63. The predicted octanol–water partition coefficient (Wildman–Crippen LogP) is 3.13. The van der Waals surface area contributed by atoms with Crippen LogP contribution in [0.3, 0.4) is 0 Å². The first kappa shape index (κ1) is 14.5. The fourth-order valence-corrected chi connectivity index (χ4v) is 3.78. The van der Waals surface area contributed by atoms with Crippen LogP contribution in [0, 0.1) is 0 Å². The van der Waals surface area contributed by atoms with Crippen LogP contribution in [0.15, 0.2) is 36.7 Å². The summed E-state index contributed by atoms with van der Waals surface area (Å²) in [5.74, 6) is 1.22. The molecule has 0 spiro atoms. The third-order valence-corrected chi connectivity index (χ3v) is 4.81. The fraction of sp³-hybridized carbons (Fsp3) is 0.444. The Hall–Kier alpha value is -2.14. The molecule has 1 aliphatic rings. The summed E-state index contributed by atoms with van der Waals surface area (Å²) < 4.78 is 4.25. The van der Waals surface area contributed by atoms with E-state index in [0.717, 1.165) is 25.2 Å². The largest absolute Gasteiger partial charge is 0.327 e. The van der Waals surface area contributed by atoms with Crippen molar-refractivity contribution in [2.75, 3.05) is 6.54 Å². The van der Waals surface area contributed by atoms with Gasteiger partial charge in [-0.25, -0.2) is 4.98 Å². The van der Waals surface area contributed by atoms with Gasteiger partial charge in [-0.2, -0.15) is 5.10 Å². The van der Waals surface area contributed by atoms with Gasteiger partial charge in [-0.3, -0.25) is 9.58 Å². The van der Waals surface area contributed by atoms with Crippen LogP contribution < -0.4 is 0 Å². The average Bonchev–Trinajstić information content (AvgIpc) is 3.25. The van der Waals surface area contributed by atoms with Crippen LogP contribution in [0.2, 0.25) is 0 Å². The Morgan fingerprint density at radius 2 is 2.13 bits per heavy atom. The molecule has 1 aliphatic heterocycles. The van der Waals surface area contributed by atoms with Crippen molar-refractivity contribution in [3.63, 3.8) is 0 Å². The molecule has 3 aromatic rings. The monoisotopic (exact) mass is 309 g/mol. The Labute approximate surface area is 136 Å². The SMILES string of the molecule is CCn1c(C2CCCN2Cc2cnn(C)c2)nc2ccccc21. The van der Waals surface area contributed by atoms with Gasteiger partial charge in [0.25, 0.3) is 0 Å². The minimum absolute atomic E-state index is 0.405. The van der Waals surface area contributed by atoms with Gasteiger partial charge in [0.2, 0.25) is 0 Å². The van der Waals surface area contributed by atoms with E-state index in [4.69, 9.17) is 4.98 Å². The molecule has 3 heterocycles. The van der Waals surface area contributed by atoms with E-state index in [1.165, 1.54) is 29.7 Å². The number of benzene rings is 1. The molecule has 0 radical (unpaired) electrons. The zero-order valence-electron chi connectivity index (χ0n) is 13.8. The summed E-state index contributed by atoms with van der Waals surface area (Å²) in [6, 6.07) is 8.87. The first-order valence-corrected chi connectivity index (χ1v) is 8.43. The second-order valence-corrected chi connectivity index (χ2v) is 6.35. The number of nitrogens with zero attached hydrogens (tertiary/aromatic N) is 5. The molecule has 1 fully saturated rings. The number of rotatable bonds is 4. The van der Waals surface area contributed by atoms with Gasteiger partial charge in [-0.15, -0.1) is 0 Å². The van der Waals surface area contributed by atoms with Crippen LogP contribution in [0.5, 0.6) is 0 Å². The van der Waals surface area contributed by atoms with Crippen LogP contribution >= 0.6 is 0 Å². The lowest BCUT2D eigenvalue weighted by Crippen LogP contribution is -2.25. The molecule has 23 heavy (non-hydrogen) atoms. The number of para-hydroxylation sites is 2. The van der Waals surface area contributed by atoms with E-state index in [0.29, 0.717) is 6.04 Å². The highest BCUT2D eigenvalue weighted by atomic mass is 15.3. The first-order valence-electron chi connectivity index (χ1n) is 8.43. The van der Waals surface area contributed by atoms with Crippen LogP contribution in [-0.2, 0) is 20.1 Å². The highest BCUT2D eigenvalue weighted by Gasteiger charge is 2.30. The molecule has 0 saturated carbocycles. The molecule has 1 aromatic carbocycles. The van der Waals surface area contributed by atoms with E-state index in [2.05, 4.69) is 52.0 Å². The highest BCUT2D eigenvalue weighted by Crippen LogP contribution is 2.34. The molecule has 0 amide bonds. The molecule has 1 saturated heterocycles. The van der Waals surface area contributed by atoms with Crippen LogP contribution in [-0.4, -0.2) is 30.8 Å². The maximum Gasteiger partial charge on any atom is 0.127 e. The third kappa shape index (κ3) is 2.55. The number of imidazole rings is 1. The molecule has 1 unspecified atom stereocenters.